The maximum atomic E-state index is 6.14. The maximum Gasteiger partial charge on any atom is 0.116 e. The van der Waals surface area contributed by atoms with Crippen molar-refractivity contribution in [3.8, 4) is 0 Å². The van der Waals surface area contributed by atoms with E-state index in [0.717, 1.165) is 20.2 Å². The van der Waals surface area contributed by atoms with Crippen LogP contribution in [-0.4, -0.2) is 20.4 Å². The molecule has 2 radical (unpaired) electrons. The van der Waals surface area contributed by atoms with Gasteiger partial charge in [-0.25, -0.2) is 0 Å². The first-order valence-electron chi connectivity index (χ1n) is 4.77. The van der Waals surface area contributed by atoms with E-state index < -0.39 is 0 Å². The topological polar surface area (TPSA) is 0 Å². The summed E-state index contributed by atoms with van der Waals surface area (Å²) in [6.45, 7) is 0. The summed E-state index contributed by atoms with van der Waals surface area (Å²) in [6.07, 6.45) is 4.12. The fourth-order valence-corrected chi connectivity index (χ4v) is 3.68. The summed E-state index contributed by atoms with van der Waals surface area (Å²) in [5.41, 5.74) is 0.873. The van der Waals surface area contributed by atoms with E-state index in [0.29, 0.717) is 0 Å². The molecule has 16 heavy (non-hydrogen) atoms. The Kier molecular flexibility index (Phi) is 3.93. The third-order valence-corrected chi connectivity index (χ3v) is 5.23. The largest absolute Gasteiger partial charge is 0.130 e. The highest BCUT2D eigenvalue weighted by atomic mass is 79.9. The molecule has 80 valence electrons. The summed E-state index contributed by atoms with van der Waals surface area (Å²) >= 11 is 7.05. The molecule has 0 nitrogen and oxygen atoms in total. The molecule has 0 N–H and O–H groups in total. The van der Waals surface area contributed by atoms with Crippen molar-refractivity contribution >= 4 is 63.5 Å². The number of rotatable bonds is 2. The Labute approximate surface area is 114 Å². The molecule has 0 aliphatic rings. The van der Waals surface area contributed by atoms with Crippen LogP contribution in [-0.2, 0) is 0 Å². The van der Waals surface area contributed by atoms with Gasteiger partial charge in [0.1, 0.15) is 7.85 Å². The van der Waals surface area contributed by atoms with E-state index >= 15 is 0 Å². The molecule has 0 saturated heterocycles. The second kappa shape index (κ2) is 5.07. The molecule has 0 fully saturated rings. The van der Waals surface area contributed by atoms with E-state index in [-0.39, 0.29) is 0 Å². The van der Waals surface area contributed by atoms with Crippen molar-refractivity contribution in [1.82, 2.24) is 0 Å². The zero-order valence-corrected chi connectivity index (χ0v) is 12.3. The minimum absolute atomic E-state index is 0.873. The van der Waals surface area contributed by atoms with Crippen LogP contribution in [0.1, 0.15) is 0 Å². The fraction of sp³-hybridized carbons (Fsp3) is 0.167. The second-order valence-electron chi connectivity index (χ2n) is 3.36. The molecule has 0 unspecified atom stereocenters. The molecule has 0 spiro atoms. The highest BCUT2D eigenvalue weighted by molar-refractivity contribution is 9.10. The van der Waals surface area contributed by atoms with Crippen molar-refractivity contribution in [1.29, 1.82) is 0 Å². The molecule has 0 aliphatic carbocycles. The lowest BCUT2D eigenvalue weighted by atomic mass is 9.90. The third-order valence-electron chi connectivity index (χ3n) is 2.54. The average Bonchev–Trinajstić information content (AvgIpc) is 2.31. The van der Waals surface area contributed by atoms with Crippen LogP contribution in [0.25, 0.3) is 10.8 Å². The first kappa shape index (κ1) is 12.4. The summed E-state index contributed by atoms with van der Waals surface area (Å²) in [7, 11) is 6.14. The predicted molar refractivity (Wildman–Crippen MR) is 80.6 cm³/mol. The van der Waals surface area contributed by atoms with Gasteiger partial charge in [-0.15, -0.1) is 23.5 Å². The second-order valence-corrected chi connectivity index (χ2v) is 5.85. The number of thioether (sulfide) groups is 2. The van der Waals surface area contributed by atoms with Crippen LogP contribution < -0.4 is 5.46 Å². The maximum absolute atomic E-state index is 6.14. The van der Waals surface area contributed by atoms with Crippen LogP contribution in [0.4, 0.5) is 0 Å². The van der Waals surface area contributed by atoms with E-state index in [1.807, 2.05) is 6.26 Å². The van der Waals surface area contributed by atoms with Crippen molar-refractivity contribution in [2.45, 2.75) is 9.79 Å². The van der Waals surface area contributed by atoms with Crippen LogP contribution >= 0.6 is 39.5 Å². The quantitative estimate of drug-likeness (QED) is 0.611. The van der Waals surface area contributed by atoms with Crippen LogP contribution in [0.3, 0.4) is 0 Å². The van der Waals surface area contributed by atoms with Gasteiger partial charge in [0.25, 0.3) is 0 Å². The summed E-state index contributed by atoms with van der Waals surface area (Å²) in [6, 6.07) is 8.41. The summed E-state index contributed by atoms with van der Waals surface area (Å²) in [5, 5.41) is 2.30. The van der Waals surface area contributed by atoms with Crippen LogP contribution in [0.2, 0.25) is 0 Å². The van der Waals surface area contributed by atoms with Gasteiger partial charge in [-0.1, -0.05) is 17.6 Å². The van der Waals surface area contributed by atoms with Crippen LogP contribution in [0.15, 0.2) is 38.5 Å². The van der Waals surface area contributed by atoms with E-state index in [9.17, 15) is 0 Å². The van der Waals surface area contributed by atoms with Gasteiger partial charge in [0.05, 0.1) is 0 Å². The Hall–Kier alpha value is -0.0551. The van der Waals surface area contributed by atoms with Gasteiger partial charge in [0.2, 0.25) is 0 Å². The van der Waals surface area contributed by atoms with Gasteiger partial charge < -0.3 is 0 Å². The molecule has 2 aromatic carbocycles. The summed E-state index contributed by atoms with van der Waals surface area (Å²) in [4.78, 5) is 2.38. The number of benzene rings is 2. The Bertz CT molecular complexity index is 491. The highest BCUT2D eigenvalue weighted by Gasteiger charge is 2.07. The Balaban J connectivity index is 2.78. The molecule has 0 amide bonds. The minimum Gasteiger partial charge on any atom is -0.130 e. The zero-order chi connectivity index (χ0) is 11.7. The fourth-order valence-electron chi connectivity index (χ4n) is 1.69. The monoisotopic (exact) mass is 308 g/mol. The van der Waals surface area contributed by atoms with Gasteiger partial charge in [-0.05, 0) is 51.3 Å². The van der Waals surface area contributed by atoms with Gasteiger partial charge in [-0.3, -0.25) is 0 Å². The molecule has 2 aromatic rings. The average molecular weight is 309 g/mol. The first-order chi connectivity index (χ1) is 7.69. The van der Waals surface area contributed by atoms with Gasteiger partial charge in [0, 0.05) is 14.3 Å². The summed E-state index contributed by atoms with van der Waals surface area (Å²) < 4.78 is 1.14. The zero-order valence-electron chi connectivity index (χ0n) is 9.08. The van der Waals surface area contributed by atoms with Crippen molar-refractivity contribution in [3.05, 3.63) is 28.7 Å². The SMILES string of the molecule is [B]c1c(SC)ccc2c(Br)c(SC)ccc12. The molecule has 0 aromatic heterocycles. The standard InChI is InChI=1S/C12H10BBrS2/c1-15-9-5-4-8-7(11(9)13)3-6-10(16-2)12(8)14/h3-6H,1-2H3. The Morgan fingerprint density at radius 2 is 1.50 bits per heavy atom. The summed E-state index contributed by atoms with van der Waals surface area (Å²) in [5.74, 6) is 0. The van der Waals surface area contributed by atoms with Crippen molar-refractivity contribution in [2.24, 2.45) is 0 Å². The van der Waals surface area contributed by atoms with Gasteiger partial charge >= 0.3 is 0 Å². The third kappa shape index (κ3) is 2.03. The van der Waals surface area contributed by atoms with E-state index in [2.05, 4.69) is 46.5 Å². The first-order valence-corrected chi connectivity index (χ1v) is 8.02. The van der Waals surface area contributed by atoms with Crippen molar-refractivity contribution < 1.29 is 0 Å². The van der Waals surface area contributed by atoms with Crippen LogP contribution in [0.5, 0.6) is 0 Å². The van der Waals surface area contributed by atoms with Gasteiger partial charge in [0.15, 0.2) is 0 Å². The number of hydrogen-bond donors (Lipinski definition) is 0. The Morgan fingerprint density at radius 3 is 2.12 bits per heavy atom. The molecule has 4 heteroatoms. The van der Waals surface area contributed by atoms with E-state index in [1.165, 1.54) is 10.3 Å². The molecular formula is C12H10BBrS2. The molecule has 0 heterocycles. The van der Waals surface area contributed by atoms with E-state index in [1.54, 1.807) is 23.5 Å². The number of halogens is 1. The minimum atomic E-state index is 0.873. The molecule has 0 bridgehead atoms. The predicted octanol–water partition coefficient (Wildman–Crippen LogP) is 3.84. The lowest BCUT2D eigenvalue weighted by Gasteiger charge is -2.11. The molecule has 0 saturated carbocycles. The molecule has 2 rings (SSSR count). The lowest BCUT2D eigenvalue weighted by molar-refractivity contribution is 1.45. The molecule has 0 atom stereocenters. The lowest BCUT2D eigenvalue weighted by Crippen LogP contribution is -2.07. The molecular weight excluding hydrogens is 299 g/mol. The number of hydrogen-bond acceptors (Lipinski definition) is 2. The normalized spacial score (nSPS) is 10.9. The van der Waals surface area contributed by atoms with Crippen molar-refractivity contribution in [2.75, 3.05) is 12.5 Å². The van der Waals surface area contributed by atoms with Crippen molar-refractivity contribution in [3.63, 3.8) is 0 Å². The Morgan fingerprint density at radius 1 is 0.938 bits per heavy atom. The highest BCUT2D eigenvalue weighted by Crippen LogP contribution is 2.33. The van der Waals surface area contributed by atoms with Crippen LogP contribution in [0, 0.1) is 0 Å². The van der Waals surface area contributed by atoms with Gasteiger partial charge in [-0.2, -0.15) is 0 Å². The smallest absolute Gasteiger partial charge is 0.116 e. The molecule has 0 aliphatic heterocycles. The number of fused-ring (bicyclic) bond motifs is 1. The van der Waals surface area contributed by atoms with E-state index in [4.69, 9.17) is 7.85 Å².